The first kappa shape index (κ1) is 39.6. The van der Waals surface area contributed by atoms with Gasteiger partial charge in [-0.25, -0.2) is 4.68 Å². The summed E-state index contributed by atoms with van der Waals surface area (Å²) in [6, 6.07) is 23.7. The van der Waals surface area contributed by atoms with Crippen LogP contribution in [0.15, 0.2) is 72.9 Å². The van der Waals surface area contributed by atoms with Gasteiger partial charge in [-0.3, -0.25) is 20.2 Å². The van der Waals surface area contributed by atoms with Crippen LogP contribution in [0.2, 0.25) is 0 Å². The van der Waals surface area contributed by atoms with Gasteiger partial charge in [-0.15, -0.1) is 0 Å². The van der Waals surface area contributed by atoms with Gasteiger partial charge in [-0.2, -0.15) is 10.4 Å². The number of pyridine rings is 1. The van der Waals surface area contributed by atoms with Crippen molar-refractivity contribution < 1.29 is 18.5 Å². The van der Waals surface area contributed by atoms with E-state index in [4.69, 9.17) is 29.6 Å². The van der Waals surface area contributed by atoms with Gasteiger partial charge in [0.25, 0.3) is 0 Å². The van der Waals surface area contributed by atoms with Gasteiger partial charge in [-0.05, 0) is 119 Å². The van der Waals surface area contributed by atoms with E-state index in [1.54, 1.807) is 41.4 Å². The van der Waals surface area contributed by atoms with Gasteiger partial charge in [-0.1, -0.05) is 30.3 Å². The number of hydrogen-bond donors (Lipinski definition) is 3. The minimum Gasteiger partial charge on any atom is -0.491 e. The fourth-order valence-corrected chi connectivity index (χ4v) is 7.66. The fraction of sp³-hybridized carbons (Fsp3) is 0.452. The molecular weight excluding hydrogens is 713 g/mol. The third-order valence-electron chi connectivity index (χ3n) is 10.5. The van der Waals surface area contributed by atoms with E-state index in [1.807, 2.05) is 42.7 Å². The molecule has 2 aromatic carbocycles. The van der Waals surface area contributed by atoms with Crippen LogP contribution in [0.3, 0.4) is 0 Å². The number of amides is 1. The van der Waals surface area contributed by atoms with Crippen molar-refractivity contribution in [3.05, 3.63) is 95.2 Å². The predicted octanol–water partition coefficient (Wildman–Crippen LogP) is 8.09. The molecule has 1 saturated heterocycles. The molecule has 2 aliphatic rings. The number of ether oxygens (including phenoxy) is 2. The van der Waals surface area contributed by atoms with Crippen LogP contribution in [0.4, 0.5) is 5.82 Å². The van der Waals surface area contributed by atoms with Gasteiger partial charge in [0, 0.05) is 37.4 Å². The van der Waals surface area contributed by atoms with E-state index < -0.39 is 5.41 Å². The molecule has 55 heavy (non-hydrogen) atoms. The van der Waals surface area contributed by atoms with Crippen molar-refractivity contribution in [3.63, 3.8) is 0 Å². The van der Waals surface area contributed by atoms with Crippen molar-refractivity contribution in [1.29, 1.82) is 16.1 Å². The molecule has 3 N–H and O–H groups in total. The average molecular weight is 765 g/mol. The van der Waals surface area contributed by atoms with Gasteiger partial charge in [0.2, 0.25) is 11.9 Å². The number of piperidine rings is 1. The van der Waals surface area contributed by atoms with E-state index in [2.05, 4.69) is 41.4 Å². The highest BCUT2D eigenvalue weighted by Gasteiger charge is 2.30. The Bertz CT molecular complexity index is 2070. The first-order chi connectivity index (χ1) is 26.6. The van der Waals surface area contributed by atoms with E-state index in [0.717, 1.165) is 44.2 Å². The van der Waals surface area contributed by atoms with Crippen LogP contribution < -0.4 is 20.3 Å². The minimum absolute atomic E-state index is 0.120. The molecule has 6 rings (SSSR count). The van der Waals surface area contributed by atoms with Crippen molar-refractivity contribution >= 4 is 29.7 Å². The highest BCUT2D eigenvalue weighted by Crippen LogP contribution is 2.42. The molecule has 1 amide bonds. The summed E-state index contributed by atoms with van der Waals surface area (Å²) in [4.78, 5) is 15.5. The SMILES string of the molecule is CSOCCOc1cccc(-n2nc(C(C)(C)C#N)cc2NC(=O)CCCC2CC[C@@H](Oc3ccc(=N)n(C(=N)N4CCCC[C@@H]4C)c3)c3ccccc32)c1. The molecule has 0 radical (unpaired) electrons. The zero-order valence-corrected chi connectivity index (χ0v) is 33.0. The lowest BCUT2D eigenvalue weighted by molar-refractivity contribution is -0.116. The summed E-state index contributed by atoms with van der Waals surface area (Å²) in [5, 5.41) is 35.1. The molecule has 290 valence electrons. The number of carbonyl (C=O) groups excluding carboxylic acids is 1. The maximum atomic E-state index is 13.4. The third kappa shape index (κ3) is 9.61. The van der Waals surface area contributed by atoms with Crippen LogP contribution >= 0.6 is 12.0 Å². The molecule has 0 saturated carbocycles. The van der Waals surface area contributed by atoms with E-state index in [0.29, 0.717) is 60.7 Å². The Hall–Kier alpha value is -5.06. The van der Waals surface area contributed by atoms with Gasteiger partial charge < -0.3 is 23.9 Å². The van der Waals surface area contributed by atoms with E-state index >= 15 is 0 Å². The molecule has 1 aliphatic carbocycles. The number of hydrogen-bond acceptors (Lipinski definition) is 9. The summed E-state index contributed by atoms with van der Waals surface area (Å²) < 4.78 is 21.0. The Morgan fingerprint density at radius 1 is 1.04 bits per heavy atom. The number of fused-ring (bicyclic) bond motifs is 1. The smallest absolute Gasteiger partial charge is 0.225 e. The van der Waals surface area contributed by atoms with E-state index in [-0.39, 0.29) is 29.5 Å². The van der Waals surface area contributed by atoms with Crippen molar-refractivity contribution in [3.8, 4) is 23.3 Å². The molecule has 1 unspecified atom stereocenters. The topological polar surface area (TPSA) is 154 Å². The number of anilines is 1. The lowest BCUT2D eigenvalue weighted by Gasteiger charge is -2.36. The predicted molar refractivity (Wildman–Crippen MR) is 215 cm³/mol. The summed E-state index contributed by atoms with van der Waals surface area (Å²) in [6.45, 7) is 7.42. The molecule has 2 aromatic heterocycles. The maximum Gasteiger partial charge on any atom is 0.225 e. The van der Waals surface area contributed by atoms with Crippen LogP contribution in [0.5, 0.6) is 11.5 Å². The summed E-state index contributed by atoms with van der Waals surface area (Å²) in [7, 11) is 0. The largest absolute Gasteiger partial charge is 0.491 e. The molecule has 4 aromatic rings. The maximum absolute atomic E-state index is 13.4. The van der Waals surface area contributed by atoms with Gasteiger partial charge in [0.1, 0.15) is 35.5 Å². The Kier molecular flexibility index (Phi) is 13.0. The van der Waals surface area contributed by atoms with Crippen LogP contribution in [0.25, 0.3) is 5.69 Å². The highest BCUT2D eigenvalue weighted by atomic mass is 32.2. The first-order valence-electron chi connectivity index (χ1n) is 19.2. The van der Waals surface area contributed by atoms with Crippen molar-refractivity contribution in [2.24, 2.45) is 0 Å². The summed E-state index contributed by atoms with van der Waals surface area (Å²) in [5.74, 6) is 2.27. The van der Waals surface area contributed by atoms with E-state index in [1.165, 1.54) is 24.0 Å². The molecule has 3 heterocycles. The van der Waals surface area contributed by atoms with Crippen molar-refractivity contribution in [2.75, 3.05) is 31.3 Å². The monoisotopic (exact) mass is 764 g/mol. The standard InChI is InChI=1S/C42H52N8O4S/c1-29-11-7-8-22-48(29)41(45)49-27-33(19-21-38(49)44)54-36-20-18-30(34-15-5-6-16-35(34)36)12-9-17-40(51)46-39-26-37(42(2,3)28-43)47-50(39)31-13-10-14-32(25-31)52-23-24-53-55-4/h5-6,10,13-16,19,21,25-27,29-30,36,44-45H,7-9,11-12,17-18,20,22-24H2,1-4H3,(H,46,51)/t29-,30?,36+/m0/s1. The summed E-state index contributed by atoms with van der Waals surface area (Å²) in [6.07, 6.45) is 10.4. The first-order valence-corrected chi connectivity index (χ1v) is 20.3. The minimum atomic E-state index is -0.856. The zero-order valence-electron chi connectivity index (χ0n) is 32.2. The van der Waals surface area contributed by atoms with Gasteiger partial charge in [0.05, 0.1) is 35.7 Å². The Morgan fingerprint density at radius 2 is 1.85 bits per heavy atom. The second kappa shape index (κ2) is 18.0. The Morgan fingerprint density at radius 3 is 2.64 bits per heavy atom. The average Bonchev–Trinajstić information content (AvgIpc) is 3.62. The number of carbonyl (C=O) groups is 1. The number of nitriles is 1. The number of nitrogens with one attached hydrogen (secondary N) is 3. The lowest BCUT2D eigenvalue weighted by Crippen LogP contribution is -2.47. The number of aromatic nitrogens is 3. The summed E-state index contributed by atoms with van der Waals surface area (Å²) in [5.41, 5.74) is 3.04. The molecule has 0 spiro atoms. The Balaban J connectivity index is 1.10. The normalized spacial score (nSPS) is 18.2. The quantitative estimate of drug-likeness (QED) is 0.0504. The molecule has 13 heteroatoms. The second-order valence-electron chi connectivity index (χ2n) is 14.8. The number of rotatable bonds is 14. The van der Waals surface area contributed by atoms with E-state index in [9.17, 15) is 10.1 Å². The molecule has 1 aliphatic heterocycles. The van der Waals surface area contributed by atoms with Gasteiger partial charge in [0.15, 0.2) is 0 Å². The second-order valence-corrected chi connectivity index (χ2v) is 15.4. The van der Waals surface area contributed by atoms with Crippen LogP contribution in [0, 0.1) is 22.1 Å². The van der Waals surface area contributed by atoms with Crippen molar-refractivity contribution in [2.45, 2.75) is 95.6 Å². The third-order valence-corrected chi connectivity index (χ3v) is 10.9. The van der Waals surface area contributed by atoms with Gasteiger partial charge >= 0.3 is 0 Å². The highest BCUT2D eigenvalue weighted by molar-refractivity contribution is 7.93. The van der Waals surface area contributed by atoms with Crippen LogP contribution in [-0.4, -0.2) is 63.2 Å². The molecular formula is C42H52N8O4S. The lowest BCUT2D eigenvalue weighted by atomic mass is 9.79. The molecule has 3 atom stereocenters. The fourth-order valence-electron chi connectivity index (χ4n) is 7.43. The summed E-state index contributed by atoms with van der Waals surface area (Å²) >= 11 is 1.29. The molecule has 1 fully saturated rings. The Labute approximate surface area is 328 Å². The number of likely N-dealkylation sites (tertiary alicyclic amines) is 1. The molecule has 12 nitrogen and oxygen atoms in total. The number of nitrogens with zero attached hydrogens (tertiary/aromatic N) is 5. The van der Waals surface area contributed by atoms with Crippen molar-refractivity contribution in [1.82, 2.24) is 19.2 Å². The zero-order chi connectivity index (χ0) is 39.0. The molecule has 0 bridgehead atoms. The number of benzene rings is 2. The van der Waals surface area contributed by atoms with Crippen LogP contribution in [0.1, 0.15) is 101 Å². The van der Waals surface area contributed by atoms with Crippen LogP contribution in [-0.2, 0) is 14.4 Å².